The molecule has 1 rings (SSSR count). The van der Waals surface area contributed by atoms with Crippen molar-refractivity contribution >= 4 is 46.6 Å². The van der Waals surface area contributed by atoms with Gasteiger partial charge >= 0.3 is 0 Å². The first-order chi connectivity index (χ1) is 11.0. The molecule has 0 aromatic rings. The third kappa shape index (κ3) is 9.19. The third-order valence-corrected chi connectivity index (χ3v) is 5.68. The Morgan fingerprint density at radius 2 is 2.04 bits per heavy atom. The minimum Gasteiger partial charge on any atom is -0.356 e. The van der Waals surface area contributed by atoms with Gasteiger partial charge in [0.25, 0.3) is 0 Å². The molecule has 1 saturated carbocycles. The Bertz CT molecular complexity index is 432. The standard InChI is InChI=1S/C16H32N4O2S.HI/c1-5-23(22)14-8-6-7-13(11-14)20-16(17-4)18-10-9-15(21)19-12(2)3;/h12-14H,5-11H2,1-4H3,(H,19,21)(H2,17,18,20);1H. The highest BCUT2D eigenvalue weighted by molar-refractivity contribution is 14.0. The molecule has 0 spiro atoms. The van der Waals surface area contributed by atoms with Crippen LogP contribution < -0.4 is 16.0 Å². The summed E-state index contributed by atoms with van der Waals surface area (Å²) in [6.45, 7) is 6.43. The maximum Gasteiger partial charge on any atom is 0.221 e. The van der Waals surface area contributed by atoms with Gasteiger partial charge in [-0.25, -0.2) is 0 Å². The first-order valence-corrected chi connectivity index (χ1v) is 9.98. The van der Waals surface area contributed by atoms with Gasteiger partial charge in [-0.05, 0) is 33.1 Å². The summed E-state index contributed by atoms with van der Waals surface area (Å²) in [6, 6.07) is 0.471. The number of guanidine groups is 1. The molecule has 1 amide bonds. The fraction of sp³-hybridized carbons (Fsp3) is 0.875. The lowest BCUT2D eigenvalue weighted by Crippen LogP contribution is -2.47. The molecule has 3 N–H and O–H groups in total. The van der Waals surface area contributed by atoms with E-state index in [1.807, 2.05) is 20.8 Å². The van der Waals surface area contributed by atoms with Gasteiger partial charge in [-0.15, -0.1) is 24.0 Å². The minimum atomic E-state index is -0.721. The number of nitrogens with zero attached hydrogens (tertiary/aromatic N) is 1. The predicted octanol–water partition coefficient (Wildman–Crippen LogP) is 1.76. The lowest BCUT2D eigenvalue weighted by molar-refractivity contribution is -0.121. The fourth-order valence-electron chi connectivity index (χ4n) is 2.83. The number of halogens is 1. The first kappa shape index (κ1) is 23.6. The van der Waals surface area contributed by atoms with Crippen LogP contribution in [0.4, 0.5) is 0 Å². The Balaban J connectivity index is 0.00000529. The number of rotatable bonds is 7. The van der Waals surface area contributed by atoms with Gasteiger partial charge in [0.15, 0.2) is 5.96 Å². The summed E-state index contributed by atoms with van der Waals surface area (Å²) in [7, 11) is 1.01. The quantitative estimate of drug-likeness (QED) is 0.300. The van der Waals surface area contributed by atoms with Crippen molar-refractivity contribution in [2.24, 2.45) is 4.99 Å². The predicted molar refractivity (Wildman–Crippen MR) is 113 cm³/mol. The van der Waals surface area contributed by atoms with E-state index in [0.29, 0.717) is 24.3 Å². The maximum absolute atomic E-state index is 12.0. The van der Waals surface area contributed by atoms with Crippen molar-refractivity contribution in [3.8, 4) is 0 Å². The second-order valence-electron chi connectivity index (χ2n) is 6.27. The van der Waals surface area contributed by atoms with Crippen LogP contribution in [0, 0.1) is 0 Å². The highest BCUT2D eigenvalue weighted by Crippen LogP contribution is 2.22. The number of amides is 1. The van der Waals surface area contributed by atoms with Crippen molar-refractivity contribution in [3.63, 3.8) is 0 Å². The Labute approximate surface area is 165 Å². The lowest BCUT2D eigenvalue weighted by Gasteiger charge is -2.30. The zero-order valence-electron chi connectivity index (χ0n) is 15.3. The zero-order chi connectivity index (χ0) is 17.2. The van der Waals surface area contributed by atoms with Crippen LogP contribution >= 0.6 is 24.0 Å². The topological polar surface area (TPSA) is 82.6 Å². The van der Waals surface area contributed by atoms with E-state index >= 15 is 0 Å². The molecule has 0 aliphatic heterocycles. The van der Waals surface area contributed by atoms with E-state index in [2.05, 4.69) is 20.9 Å². The summed E-state index contributed by atoms with van der Waals surface area (Å²) >= 11 is 0. The molecule has 8 heteroatoms. The first-order valence-electron chi connectivity index (χ1n) is 8.60. The summed E-state index contributed by atoms with van der Waals surface area (Å²) in [5.41, 5.74) is 0. The molecule has 0 heterocycles. The highest BCUT2D eigenvalue weighted by Gasteiger charge is 2.25. The zero-order valence-corrected chi connectivity index (χ0v) is 18.4. The Hall–Kier alpha value is -0.380. The van der Waals surface area contributed by atoms with Crippen molar-refractivity contribution in [3.05, 3.63) is 0 Å². The molecule has 0 bridgehead atoms. The van der Waals surface area contributed by atoms with Crippen LogP contribution in [0.3, 0.4) is 0 Å². The van der Waals surface area contributed by atoms with Gasteiger partial charge in [-0.1, -0.05) is 13.3 Å². The molecule has 3 atom stereocenters. The summed E-state index contributed by atoms with van der Waals surface area (Å²) in [5.74, 6) is 1.49. The van der Waals surface area contributed by atoms with E-state index in [1.54, 1.807) is 7.05 Å². The molecule has 3 unspecified atom stereocenters. The van der Waals surface area contributed by atoms with E-state index < -0.39 is 10.8 Å². The van der Waals surface area contributed by atoms with Gasteiger partial charge in [-0.2, -0.15) is 0 Å². The minimum absolute atomic E-state index is 0. The summed E-state index contributed by atoms with van der Waals surface area (Å²) in [6.07, 6.45) is 4.58. The summed E-state index contributed by atoms with van der Waals surface area (Å²) in [4.78, 5) is 15.8. The molecule has 6 nitrogen and oxygen atoms in total. The van der Waals surface area contributed by atoms with Crippen LogP contribution in [0.5, 0.6) is 0 Å². The SMILES string of the molecule is CCS(=O)C1CCCC(NC(=NC)NCCC(=O)NC(C)C)C1.I. The van der Waals surface area contributed by atoms with Gasteiger partial charge in [0.1, 0.15) is 0 Å². The average molecular weight is 472 g/mol. The number of nitrogens with one attached hydrogen (secondary N) is 3. The van der Waals surface area contributed by atoms with Gasteiger partial charge < -0.3 is 16.0 Å². The van der Waals surface area contributed by atoms with Crippen LogP contribution in [0.2, 0.25) is 0 Å². The molecular formula is C16H33IN4O2S. The van der Waals surface area contributed by atoms with Gasteiger partial charge in [0.2, 0.25) is 5.91 Å². The largest absolute Gasteiger partial charge is 0.356 e. The summed E-state index contributed by atoms with van der Waals surface area (Å²) in [5, 5.41) is 9.74. The molecular weight excluding hydrogens is 439 g/mol. The molecule has 24 heavy (non-hydrogen) atoms. The van der Waals surface area contributed by atoms with Crippen molar-refractivity contribution in [1.82, 2.24) is 16.0 Å². The Morgan fingerprint density at radius 3 is 2.62 bits per heavy atom. The van der Waals surface area contributed by atoms with Crippen molar-refractivity contribution < 1.29 is 9.00 Å². The molecule has 142 valence electrons. The second kappa shape index (κ2) is 12.9. The van der Waals surface area contributed by atoms with Crippen molar-refractivity contribution in [1.29, 1.82) is 0 Å². The molecule has 1 aliphatic rings. The normalized spacial score (nSPS) is 22.5. The van der Waals surface area contributed by atoms with E-state index in [0.717, 1.165) is 37.4 Å². The van der Waals surface area contributed by atoms with E-state index in [-0.39, 0.29) is 35.9 Å². The molecule has 0 aromatic heterocycles. The Morgan fingerprint density at radius 1 is 1.33 bits per heavy atom. The van der Waals surface area contributed by atoms with Crippen LogP contribution in [0.15, 0.2) is 4.99 Å². The van der Waals surface area contributed by atoms with Crippen molar-refractivity contribution in [2.75, 3.05) is 19.3 Å². The van der Waals surface area contributed by atoms with Gasteiger partial charge in [-0.3, -0.25) is 14.0 Å². The molecule has 1 fully saturated rings. The van der Waals surface area contributed by atoms with Crippen LogP contribution in [0.1, 0.15) is 52.9 Å². The average Bonchev–Trinajstić information content (AvgIpc) is 2.52. The van der Waals surface area contributed by atoms with Gasteiger partial charge in [0.05, 0.1) is 0 Å². The number of hydrogen-bond donors (Lipinski definition) is 3. The molecule has 1 aliphatic carbocycles. The summed E-state index contributed by atoms with van der Waals surface area (Å²) < 4.78 is 12.0. The monoisotopic (exact) mass is 472 g/mol. The number of hydrogen-bond acceptors (Lipinski definition) is 3. The van der Waals surface area contributed by atoms with Crippen LogP contribution in [-0.4, -0.2) is 52.8 Å². The van der Waals surface area contributed by atoms with Crippen molar-refractivity contribution in [2.45, 2.75) is 70.2 Å². The third-order valence-electron chi connectivity index (χ3n) is 3.94. The van der Waals surface area contributed by atoms with E-state index in [1.165, 1.54) is 0 Å². The smallest absolute Gasteiger partial charge is 0.221 e. The highest BCUT2D eigenvalue weighted by atomic mass is 127. The number of carbonyl (C=O) groups is 1. The van der Waals surface area contributed by atoms with Crippen LogP contribution in [0.25, 0.3) is 0 Å². The van der Waals surface area contributed by atoms with Crippen LogP contribution in [-0.2, 0) is 15.6 Å². The fourth-order valence-corrected chi connectivity index (χ4v) is 4.18. The van der Waals surface area contributed by atoms with E-state index in [4.69, 9.17) is 0 Å². The lowest BCUT2D eigenvalue weighted by atomic mass is 9.95. The molecule has 0 aromatic carbocycles. The van der Waals surface area contributed by atoms with Gasteiger partial charge in [0, 0.05) is 53.9 Å². The second-order valence-corrected chi connectivity index (χ2v) is 8.28. The maximum atomic E-state index is 12.0. The molecule has 0 saturated heterocycles. The number of aliphatic imine (C=N–C) groups is 1. The molecule has 0 radical (unpaired) electrons. The number of carbonyl (C=O) groups excluding carboxylic acids is 1. The van der Waals surface area contributed by atoms with E-state index in [9.17, 15) is 9.00 Å². The Kier molecular flexibility index (Phi) is 12.7.